The van der Waals surface area contributed by atoms with Gasteiger partial charge in [-0.25, -0.2) is 0 Å². The van der Waals surface area contributed by atoms with Gasteiger partial charge in [0.2, 0.25) is 0 Å². The largest absolute Gasteiger partial charge is 0.388 e. The first-order valence-electron chi connectivity index (χ1n) is 4.38. The van der Waals surface area contributed by atoms with Gasteiger partial charge in [-0.3, -0.25) is 4.79 Å². The van der Waals surface area contributed by atoms with E-state index < -0.39 is 12.2 Å². The highest BCUT2D eigenvalue weighted by Gasteiger charge is 2.46. The highest BCUT2D eigenvalue weighted by atomic mass is 16.3. The van der Waals surface area contributed by atoms with Crippen LogP contribution in [0.3, 0.4) is 0 Å². The summed E-state index contributed by atoms with van der Waals surface area (Å²) in [6, 6.07) is -0.124. The second-order valence-electron chi connectivity index (χ2n) is 3.53. The third-order valence-electron chi connectivity index (χ3n) is 2.80. The Hall–Kier alpha value is -0.610. The van der Waals surface area contributed by atoms with Crippen LogP contribution in [0.15, 0.2) is 0 Å². The van der Waals surface area contributed by atoms with Crippen LogP contribution in [0.1, 0.15) is 19.3 Å². The Bertz CT molecular complexity index is 206. The van der Waals surface area contributed by atoms with Gasteiger partial charge in [0.05, 0.1) is 6.04 Å². The van der Waals surface area contributed by atoms with Crippen LogP contribution in [0, 0.1) is 0 Å². The minimum Gasteiger partial charge on any atom is -0.388 e. The summed E-state index contributed by atoms with van der Waals surface area (Å²) >= 11 is 0. The van der Waals surface area contributed by atoms with Gasteiger partial charge in [0, 0.05) is 6.54 Å². The molecule has 12 heavy (non-hydrogen) atoms. The average Bonchev–Trinajstić information content (AvgIpc) is 2.33. The molecule has 0 aromatic heterocycles. The number of hydrogen-bond acceptors (Lipinski definition) is 3. The smallest absolute Gasteiger partial charge is 0.254 e. The van der Waals surface area contributed by atoms with Gasteiger partial charge >= 0.3 is 0 Å². The zero-order chi connectivity index (χ0) is 8.72. The number of rotatable bonds is 0. The molecule has 2 heterocycles. The van der Waals surface area contributed by atoms with E-state index >= 15 is 0 Å². The molecule has 0 spiro atoms. The number of fused-ring (bicyclic) bond motifs is 1. The molecule has 2 aliphatic heterocycles. The Morgan fingerprint density at radius 3 is 2.75 bits per heavy atom. The highest BCUT2D eigenvalue weighted by molar-refractivity contribution is 5.84. The van der Waals surface area contributed by atoms with E-state index in [1.807, 2.05) is 0 Å². The third kappa shape index (κ3) is 0.949. The maximum absolute atomic E-state index is 11.3. The summed E-state index contributed by atoms with van der Waals surface area (Å²) in [7, 11) is 0. The van der Waals surface area contributed by atoms with Crippen molar-refractivity contribution in [3.05, 3.63) is 0 Å². The summed E-state index contributed by atoms with van der Waals surface area (Å²) in [5.41, 5.74) is 0. The van der Waals surface area contributed by atoms with Crippen LogP contribution in [0.2, 0.25) is 0 Å². The third-order valence-corrected chi connectivity index (χ3v) is 2.80. The molecule has 3 atom stereocenters. The lowest BCUT2D eigenvalue weighted by Gasteiger charge is -2.30. The lowest BCUT2D eigenvalue weighted by Crippen LogP contribution is -2.40. The molecule has 2 fully saturated rings. The van der Waals surface area contributed by atoms with Crippen molar-refractivity contribution in [3.63, 3.8) is 0 Å². The number of amides is 1. The van der Waals surface area contributed by atoms with Crippen molar-refractivity contribution in [2.24, 2.45) is 0 Å². The standard InChI is InChI=1S/C8H13NO3/c10-6-5-3-1-2-4-9(5)8(12)7(6)11/h5-7,10-11H,1-4H2/t5-,6+,7+/m0/s1. The number of aliphatic hydroxyl groups is 2. The molecule has 1 amide bonds. The Balaban J connectivity index is 2.19. The van der Waals surface area contributed by atoms with Crippen LogP contribution in [0.4, 0.5) is 0 Å². The molecule has 0 aromatic carbocycles. The molecule has 0 radical (unpaired) electrons. The van der Waals surface area contributed by atoms with Crippen molar-refractivity contribution >= 4 is 5.91 Å². The molecule has 4 nitrogen and oxygen atoms in total. The first kappa shape index (κ1) is 8.01. The molecular formula is C8H13NO3. The molecule has 2 N–H and O–H groups in total. The van der Waals surface area contributed by atoms with Crippen molar-refractivity contribution in [1.82, 2.24) is 4.90 Å². The minimum atomic E-state index is -1.17. The lowest BCUT2D eigenvalue weighted by atomic mass is 10.0. The Morgan fingerprint density at radius 2 is 2.08 bits per heavy atom. The molecule has 4 heteroatoms. The number of piperidine rings is 1. The lowest BCUT2D eigenvalue weighted by molar-refractivity contribution is -0.136. The second kappa shape index (κ2) is 2.71. The quantitative estimate of drug-likeness (QED) is 0.496. The maximum Gasteiger partial charge on any atom is 0.254 e. The first-order valence-corrected chi connectivity index (χ1v) is 4.38. The molecular weight excluding hydrogens is 158 g/mol. The van der Waals surface area contributed by atoms with Crippen LogP contribution in [-0.4, -0.2) is 45.8 Å². The van der Waals surface area contributed by atoms with Gasteiger partial charge in [-0.1, -0.05) is 0 Å². The summed E-state index contributed by atoms with van der Waals surface area (Å²) in [6.07, 6.45) is 0.815. The predicted octanol–water partition coefficient (Wildman–Crippen LogP) is -0.897. The second-order valence-corrected chi connectivity index (χ2v) is 3.53. The van der Waals surface area contributed by atoms with Crippen LogP contribution in [0.5, 0.6) is 0 Å². The van der Waals surface area contributed by atoms with E-state index in [2.05, 4.69) is 0 Å². The van der Waals surface area contributed by atoms with Gasteiger partial charge in [0.15, 0.2) is 6.10 Å². The van der Waals surface area contributed by atoms with Gasteiger partial charge in [0.1, 0.15) is 6.10 Å². The van der Waals surface area contributed by atoms with Crippen molar-refractivity contribution in [3.8, 4) is 0 Å². The van der Waals surface area contributed by atoms with Crippen LogP contribution >= 0.6 is 0 Å². The van der Waals surface area contributed by atoms with Gasteiger partial charge in [0.25, 0.3) is 5.91 Å². The average molecular weight is 171 g/mol. The number of aliphatic hydroxyl groups excluding tert-OH is 2. The van der Waals surface area contributed by atoms with E-state index in [9.17, 15) is 15.0 Å². The summed E-state index contributed by atoms with van der Waals surface area (Å²) in [5, 5.41) is 18.7. The zero-order valence-electron chi connectivity index (χ0n) is 6.81. The molecule has 2 aliphatic rings. The number of hydrogen-bond donors (Lipinski definition) is 2. The first-order chi connectivity index (χ1) is 5.72. The summed E-state index contributed by atoms with van der Waals surface area (Å²) in [5.74, 6) is -0.299. The molecule has 68 valence electrons. The van der Waals surface area contributed by atoms with Gasteiger partial charge in [-0.15, -0.1) is 0 Å². The van der Waals surface area contributed by atoms with Gasteiger partial charge in [-0.2, -0.15) is 0 Å². The normalized spacial score (nSPS) is 41.7. The number of carbonyl (C=O) groups is 1. The molecule has 0 bridgehead atoms. The van der Waals surface area contributed by atoms with E-state index in [0.29, 0.717) is 6.54 Å². The van der Waals surface area contributed by atoms with E-state index in [4.69, 9.17) is 0 Å². The summed E-state index contributed by atoms with van der Waals surface area (Å²) in [6.45, 7) is 0.692. The summed E-state index contributed by atoms with van der Waals surface area (Å²) < 4.78 is 0. The Labute approximate surface area is 70.8 Å². The fraction of sp³-hybridized carbons (Fsp3) is 0.875. The molecule has 0 aliphatic carbocycles. The minimum absolute atomic E-state index is 0.124. The van der Waals surface area contributed by atoms with E-state index in [1.165, 1.54) is 0 Å². The Kier molecular flexibility index (Phi) is 1.81. The molecule has 0 unspecified atom stereocenters. The van der Waals surface area contributed by atoms with Crippen LogP contribution in [0.25, 0.3) is 0 Å². The van der Waals surface area contributed by atoms with Gasteiger partial charge < -0.3 is 15.1 Å². The fourth-order valence-electron chi connectivity index (χ4n) is 2.11. The van der Waals surface area contributed by atoms with Crippen molar-refractivity contribution in [2.75, 3.05) is 6.54 Å². The fourth-order valence-corrected chi connectivity index (χ4v) is 2.11. The molecule has 0 saturated carbocycles. The number of carbonyl (C=O) groups excluding carboxylic acids is 1. The monoisotopic (exact) mass is 171 g/mol. The SMILES string of the molecule is O=C1[C@H](O)[C@H](O)[C@@H]2CCCCN12. The number of nitrogens with zero attached hydrogens (tertiary/aromatic N) is 1. The summed E-state index contributed by atoms with van der Waals surface area (Å²) in [4.78, 5) is 12.9. The predicted molar refractivity (Wildman–Crippen MR) is 41.4 cm³/mol. The van der Waals surface area contributed by atoms with Crippen LogP contribution in [-0.2, 0) is 4.79 Å². The van der Waals surface area contributed by atoms with Crippen molar-refractivity contribution in [1.29, 1.82) is 0 Å². The molecule has 2 saturated heterocycles. The van der Waals surface area contributed by atoms with Crippen molar-refractivity contribution in [2.45, 2.75) is 37.5 Å². The van der Waals surface area contributed by atoms with Gasteiger partial charge in [-0.05, 0) is 19.3 Å². The zero-order valence-corrected chi connectivity index (χ0v) is 6.81. The Morgan fingerprint density at radius 1 is 1.33 bits per heavy atom. The van der Waals surface area contributed by atoms with E-state index in [-0.39, 0.29) is 11.9 Å². The van der Waals surface area contributed by atoms with Crippen LogP contribution < -0.4 is 0 Å². The highest BCUT2D eigenvalue weighted by Crippen LogP contribution is 2.28. The topological polar surface area (TPSA) is 60.8 Å². The van der Waals surface area contributed by atoms with E-state index in [0.717, 1.165) is 19.3 Å². The molecule has 2 rings (SSSR count). The molecule has 0 aromatic rings. The maximum atomic E-state index is 11.3. The van der Waals surface area contributed by atoms with Crippen molar-refractivity contribution < 1.29 is 15.0 Å². The van der Waals surface area contributed by atoms with E-state index in [1.54, 1.807) is 4.90 Å².